The van der Waals surface area contributed by atoms with Gasteiger partial charge in [-0.3, -0.25) is 9.59 Å². The molecule has 0 aliphatic carbocycles. The average molecular weight is 494 g/mol. The predicted octanol–water partition coefficient (Wildman–Crippen LogP) is 3.96. The molecule has 0 aliphatic rings. The largest absolute Gasteiger partial charge is 0.497 e. The minimum absolute atomic E-state index is 0.0305. The smallest absolute Gasteiger partial charge is 0.359 e. The number of ether oxygens (including phenoxy) is 3. The number of methoxy groups -OCH3 is 1. The van der Waals surface area contributed by atoms with Crippen LogP contribution in [0.5, 0.6) is 11.5 Å². The molecule has 1 N–H and O–H groups in total. The Kier molecular flexibility index (Phi) is 7.11. The standard InChI is InChI=1S/C25H23N3O6S/c1-4-33-25(31)22-19-14-35-23(26-20(29)13-34-18-10-5-7-15(2)11-18)21(19)24(30)28(27-22)16-8-6-9-17(12-16)32-3/h5-12,14H,4,13H2,1-3H3,(H,26,29). The highest BCUT2D eigenvalue weighted by Crippen LogP contribution is 2.31. The first-order valence-corrected chi connectivity index (χ1v) is 11.6. The van der Waals surface area contributed by atoms with Crippen LogP contribution < -0.4 is 20.3 Å². The van der Waals surface area contributed by atoms with Crippen LogP contribution in [0.3, 0.4) is 0 Å². The van der Waals surface area contributed by atoms with Gasteiger partial charge < -0.3 is 19.5 Å². The van der Waals surface area contributed by atoms with Crippen molar-refractivity contribution in [3.8, 4) is 17.2 Å². The van der Waals surface area contributed by atoms with Crippen molar-refractivity contribution < 1.29 is 23.8 Å². The maximum atomic E-state index is 13.5. The summed E-state index contributed by atoms with van der Waals surface area (Å²) in [5, 5.41) is 9.35. The van der Waals surface area contributed by atoms with Crippen molar-refractivity contribution in [1.82, 2.24) is 9.78 Å². The molecule has 4 rings (SSSR count). The van der Waals surface area contributed by atoms with E-state index in [0.29, 0.717) is 22.6 Å². The molecule has 2 heterocycles. The van der Waals surface area contributed by atoms with Crippen molar-refractivity contribution in [2.24, 2.45) is 0 Å². The fourth-order valence-electron chi connectivity index (χ4n) is 3.43. The van der Waals surface area contributed by atoms with Crippen LogP contribution >= 0.6 is 11.3 Å². The zero-order chi connectivity index (χ0) is 24.9. The number of hydrogen-bond donors (Lipinski definition) is 1. The molecule has 0 bridgehead atoms. The lowest BCUT2D eigenvalue weighted by molar-refractivity contribution is -0.118. The summed E-state index contributed by atoms with van der Waals surface area (Å²) in [5.74, 6) is -0.0452. The Labute approximate surface area is 204 Å². The molecule has 0 saturated heterocycles. The zero-order valence-corrected chi connectivity index (χ0v) is 20.2. The van der Waals surface area contributed by atoms with Crippen LogP contribution in [0.25, 0.3) is 16.5 Å². The molecule has 180 valence electrons. The van der Waals surface area contributed by atoms with E-state index in [2.05, 4.69) is 10.4 Å². The van der Waals surface area contributed by atoms with Gasteiger partial charge in [0, 0.05) is 16.8 Å². The van der Waals surface area contributed by atoms with Gasteiger partial charge in [0.1, 0.15) is 16.5 Å². The Morgan fingerprint density at radius 1 is 1.11 bits per heavy atom. The zero-order valence-electron chi connectivity index (χ0n) is 19.4. The van der Waals surface area contributed by atoms with Gasteiger partial charge in [-0.2, -0.15) is 9.78 Å². The molecule has 9 nitrogen and oxygen atoms in total. The van der Waals surface area contributed by atoms with Crippen molar-refractivity contribution in [1.29, 1.82) is 0 Å². The number of carbonyl (C=O) groups is 2. The molecular weight excluding hydrogens is 470 g/mol. The van der Waals surface area contributed by atoms with E-state index in [1.54, 1.807) is 42.6 Å². The van der Waals surface area contributed by atoms with Gasteiger partial charge >= 0.3 is 5.97 Å². The van der Waals surface area contributed by atoms with E-state index in [1.807, 2.05) is 25.1 Å². The SMILES string of the molecule is CCOC(=O)c1nn(-c2cccc(OC)c2)c(=O)c2c(NC(=O)COc3cccc(C)c3)scc12. The summed E-state index contributed by atoms with van der Waals surface area (Å²) >= 11 is 1.12. The second-order valence-corrected chi connectivity index (χ2v) is 8.37. The number of thiophene rings is 1. The summed E-state index contributed by atoms with van der Waals surface area (Å²) in [6.45, 7) is 3.50. The molecule has 0 unspecified atom stereocenters. The first-order valence-electron chi connectivity index (χ1n) is 10.8. The van der Waals surface area contributed by atoms with Gasteiger partial charge in [-0.15, -0.1) is 11.3 Å². The number of benzene rings is 2. The lowest BCUT2D eigenvalue weighted by Crippen LogP contribution is -2.26. The number of anilines is 1. The van der Waals surface area contributed by atoms with Gasteiger partial charge in [-0.05, 0) is 43.7 Å². The van der Waals surface area contributed by atoms with Crippen LogP contribution in [-0.2, 0) is 9.53 Å². The highest BCUT2D eigenvalue weighted by Gasteiger charge is 2.23. The van der Waals surface area contributed by atoms with Gasteiger partial charge in [0.15, 0.2) is 12.3 Å². The molecule has 35 heavy (non-hydrogen) atoms. The first kappa shape index (κ1) is 24.0. The van der Waals surface area contributed by atoms with Crippen molar-refractivity contribution in [3.05, 3.63) is 75.5 Å². The third-order valence-corrected chi connectivity index (χ3v) is 5.93. The van der Waals surface area contributed by atoms with Crippen molar-refractivity contribution in [3.63, 3.8) is 0 Å². The molecule has 0 atom stereocenters. The molecular formula is C25H23N3O6S. The summed E-state index contributed by atoms with van der Waals surface area (Å²) in [5.41, 5.74) is 0.867. The van der Waals surface area contributed by atoms with E-state index < -0.39 is 17.4 Å². The quantitative estimate of drug-likeness (QED) is 0.370. The molecule has 0 fully saturated rings. The van der Waals surface area contributed by atoms with Crippen LogP contribution in [0, 0.1) is 6.92 Å². The van der Waals surface area contributed by atoms with Gasteiger partial charge in [-0.25, -0.2) is 4.79 Å². The number of aryl methyl sites for hydroxylation is 1. The van der Waals surface area contributed by atoms with Crippen LogP contribution in [-0.4, -0.2) is 42.0 Å². The second kappa shape index (κ2) is 10.4. The molecule has 1 amide bonds. The summed E-state index contributed by atoms with van der Waals surface area (Å²) < 4.78 is 17.1. The Hall–Kier alpha value is -4.18. The van der Waals surface area contributed by atoms with Gasteiger partial charge in [-0.1, -0.05) is 18.2 Å². The molecule has 0 radical (unpaired) electrons. The minimum atomic E-state index is -0.674. The number of carbonyl (C=O) groups excluding carboxylic acids is 2. The summed E-state index contributed by atoms with van der Waals surface area (Å²) in [6.07, 6.45) is 0. The summed E-state index contributed by atoms with van der Waals surface area (Å²) in [6, 6.07) is 14.0. The molecule has 0 aliphatic heterocycles. The second-order valence-electron chi connectivity index (χ2n) is 7.49. The van der Waals surface area contributed by atoms with Crippen molar-refractivity contribution >= 4 is 39.0 Å². The molecule has 0 saturated carbocycles. The summed E-state index contributed by atoms with van der Waals surface area (Å²) in [4.78, 5) is 38.8. The lowest BCUT2D eigenvalue weighted by atomic mass is 10.2. The first-order chi connectivity index (χ1) is 16.9. The normalized spacial score (nSPS) is 10.7. The third-order valence-electron chi connectivity index (χ3n) is 5.03. The molecule has 0 spiro atoms. The molecule has 2 aromatic carbocycles. The number of nitrogens with zero attached hydrogens (tertiary/aromatic N) is 2. The Balaban J connectivity index is 1.73. The van der Waals surface area contributed by atoms with Crippen molar-refractivity contribution in [2.75, 3.05) is 25.6 Å². The van der Waals surface area contributed by atoms with Crippen LogP contribution in [0.15, 0.2) is 58.7 Å². The topological polar surface area (TPSA) is 109 Å². The Morgan fingerprint density at radius 2 is 1.89 bits per heavy atom. The van der Waals surface area contributed by atoms with E-state index in [0.717, 1.165) is 21.6 Å². The fraction of sp³-hybridized carbons (Fsp3) is 0.200. The van der Waals surface area contributed by atoms with E-state index in [-0.39, 0.29) is 29.3 Å². The highest BCUT2D eigenvalue weighted by atomic mass is 32.1. The Bertz CT molecular complexity index is 1460. The molecule has 10 heteroatoms. The maximum absolute atomic E-state index is 13.5. The number of aromatic nitrogens is 2. The number of rotatable bonds is 8. The molecule has 2 aromatic heterocycles. The van der Waals surface area contributed by atoms with Gasteiger partial charge in [0.25, 0.3) is 11.5 Å². The number of hydrogen-bond acceptors (Lipinski definition) is 8. The monoisotopic (exact) mass is 493 g/mol. The fourth-order valence-corrected chi connectivity index (χ4v) is 4.38. The number of fused-ring (bicyclic) bond motifs is 1. The van der Waals surface area contributed by atoms with E-state index in [9.17, 15) is 14.4 Å². The number of nitrogens with one attached hydrogen (secondary N) is 1. The van der Waals surface area contributed by atoms with E-state index >= 15 is 0 Å². The summed E-state index contributed by atoms with van der Waals surface area (Å²) in [7, 11) is 1.51. The van der Waals surface area contributed by atoms with E-state index in [1.165, 1.54) is 7.11 Å². The van der Waals surface area contributed by atoms with Crippen LogP contribution in [0.1, 0.15) is 23.0 Å². The van der Waals surface area contributed by atoms with Gasteiger partial charge in [0.2, 0.25) is 0 Å². The average Bonchev–Trinajstić information content (AvgIpc) is 3.27. The van der Waals surface area contributed by atoms with Crippen LogP contribution in [0.4, 0.5) is 5.00 Å². The number of esters is 1. The highest BCUT2D eigenvalue weighted by molar-refractivity contribution is 7.16. The lowest BCUT2D eigenvalue weighted by Gasteiger charge is -2.11. The predicted molar refractivity (Wildman–Crippen MR) is 133 cm³/mol. The third kappa shape index (κ3) is 5.17. The van der Waals surface area contributed by atoms with Gasteiger partial charge in [0.05, 0.1) is 24.8 Å². The Morgan fingerprint density at radius 3 is 2.63 bits per heavy atom. The maximum Gasteiger partial charge on any atom is 0.359 e. The van der Waals surface area contributed by atoms with E-state index in [4.69, 9.17) is 14.2 Å². The molecule has 4 aromatic rings. The van der Waals surface area contributed by atoms with Crippen LogP contribution in [0.2, 0.25) is 0 Å². The minimum Gasteiger partial charge on any atom is -0.497 e. The number of amides is 1. The van der Waals surface area contributed by atoms with Crippen molar-refractivity contribution in [2.45, 2.75) is 13.8 Å².